The van der Waals surface area contributed by atoms with E-state index in [0.29, 0.717) is 6.04 Å². The standard InChI is InChI=1S/C13H24N4/c1-3-4-9-17-10-8-15-13(17)16(2)12-6-5-7-14-11-12/h8,10,12,14H,3-7,9,11H2,1-2H3. The molecule has 4 heteroatoms. The van der Waals surface area contributed by atoms with E-state index in [-0.39, 0.29) is 0 Å². The van der Waals surface area contributed by atoms with E-state index in [1.165, 1.54) is 25.7 Å². The minimum Gasteiger partial charge on any atom is -0.341 e. The van der Waals surface area contributed by atoms with Gasteiger partial charge in [-0.25, -0.2) is 4.98 Å². The van der Waals surface area contributed by atoms with Crippen molar-refractivity contribution in [3.8, 4) is 0 Å². The monoisotopic (exact) mass is 236 g/mol. The maximum Gasteiger partial charge on any atom is 0.205 e. The zero-order valence-corrected chi connectivity index (χ0v) is 11.0. The molecule has 1 saturated heterocycles. The highest BCUT2D eigenvalue weighted by Crippen LogP contribution is 2.17. The number of nitrogens with zero attached hydrogens (tertiary/aromatic N) is 3. The van der Waals surface area contributed by atoms with Gasteiger partial charge in [-0.2, -0.15) is 0 Å². The highest BCUT2D eigenvalue weighted by atomic mass is 15.3. The summed E-state index contributed by atoms with van der Waals surface area (Å²) in [5.41, 5.74) is 0. The molecule has 0 aromatic carbocycles. The van der Waals surface area contributed by atoms with Crippen molar-refractivity contribution in [2.75, 3.05) is 25.0 Å². The van der Waals surface area contributed by atoms with Gasteiger partial charge >= 0.3 is 0 Å². The van der Waals surface area contributed by atoms with Crippen LogP contribution in [-0.2, 0) is 6.54 Å². The Bertz CT molecular complexity index is 328. The lowest BCUT2D eigenvalue weighted by atomic mass is 10.1. The van der Waals surface area contributed by atoms with E-state index in [9.17, 15) is 0 Å². The molecular formula is C13H24N4. The molecule has 1 aromatic rings. The van der Waals surface area contributed by atoms with E-state index < -0.39 is 0 Å². The first-order chi connectivity index (χ1) is 8.33. The normalized spacial score (nSPS) is 20.5. The number of aromatic nitrogens is 2. The zero-order valence-electron chi connectivity index (χ0n) is 11.0. The summed E-state index contributed by atoms with van der Waals surface area (Å²) in [6.45, 7) is 5.55. The number of aryl methyl sites for hydroxylation is 1. The van der Waals surface area contributed by atoms with Gasteiger partial charge in [0.15, 0.2) is 0 Å². The van der Waals surface area contributed by atoms with Gasteiger partial charge in [0.05, 0.1) is 0 Å². The minimum atomic E-state index is 0.589. The van der Waals surface area contributed by atoms with Crippen molar-refractivity contribution >= 4 is 5.95 Å². The molecule has 0 saturated carbocycles. The fraction of sp³-hybridized carbons (Fsp3) is 0.769. The average molecular weight is 236 g/mol. The number of hydrogen-bond acceptors (Lipinski definition) is 3. The molecular weight excluding hydrogens is 212 g/mol. The van der Waals surface area contributed by atoms with Crippen LogP contribution in [0.25, 0.3) is 0 Å². The molecule has 0 radical (unpaired) electrons. The highest BCUT2D eigenvalue weighted by molar-refractivity contribution is 5.32. The number of likely N-dealkylation sites (N-methyl/N-ethyl adjacent to an activating group) is 1. The maximum absolute atomic E-state index is 4.51. The minimum absolute atomic E-state index is 0.589. The Morgan fingerprint density at radius 2 is 2.47 bits per heavy atom. The van der Waals surface area contributed by atoms with Gasteiger partial charge in [-0.15, -0.1) is 0 Å². The number of imidazole rings is 1. The fourth-order valence-electron chi connectivity index (χ4n) is 2.45. The van der Waals surface area contributed by atoms with Crippen LogP contribution in [0.3, 0.4) is 0 Å². The Morgan fingerprint density at radius 1 is 1.59 bits per heavy atom. The topological polar surface area (TPSA) is 33.1 Å². The van der Waals surface area contributed by atoms with Crippen LogP contribution in [-0.4, -0.2) is 35.7 Å². The summed E-state index contributed by atoms with van der Waals surface area (Å²) in [5, 5.41) is 3.46. The van der Waals surface area contributed by atoms with Crippen LogP contribution in [0.2, 0.25) is 0 Å². The van der Waals surface area contributed by atoms with Crippen molar-refractivity contribution in [1.29, 1.82) is 0 Å². The third kappa shape index (κ3) is 3.00. The van der Waals surface area contributed by atoms with Gasteiger partial charge < -0.3 is 14.8 Å². The van der Waals surface area contributed by atoms with Gasteiger partial charge in [0, 0.05) is 38.6 Å². The van der Waals surface area contributed by atoms with Crippen molar-refractivity contribution in [1.82, 2.24) is 14.9 Å². The second-order valence-corrected chi connectivity index (χ2v) is 4.89. The summed E-state index contributed by atoms with van der Waals surface area (Å²) < 4.78 is 2.28. The number of nitrogens with one attached hydrogen (secondary N) is 1. The van der Waals surface area contributed by atoms with E-state index in [0.717, 1.165) is 25.6 Å². The fourth-order valence-corrected chi connectivity index (χ4v) is 2.45. The van der Waals surface area contributed by atoms with E-state index in [2.05, 4.69) is 39.9 Å². The summed E-state index contributed by atoms with van der Waals surface area (Å²) in [4.78, 5) is 6.84. The largest absolute Gasteiger partial charge is 0.341 e. The first kappa shape index (κ1) is 12.4. The van der Waals surface area contributed by atoms with Crippen LogP contribution in [0, 0.1) is 0 Å². The van der Waals surface area contributed by atoms with Crippen LogP contribution in [0.15, 0.2) is 12.4 Å². The number of anilines is 1. The van der Waals surface area contributed by atoms with Gasteiger partial charge in [-0.3, -0.25) is 0 Å². The zero-order chi connectivity index (χ0) is 12.1. The first-order valence-electron chi connectivity index (χ1n) is 6.77. The van der Waals surface area contributed by atoms with Gasteiger partial charge in [-0.05, 0) is 25.8 Å². The van der Waals surface area contributed by atoms with Crippen molar-refractivity contribution in [2.24, 2.45) is 0 Å². The smallest absolute Gasteiger partial charge is 0.205 e. The summed E-state index contributed by atoms with van der Waals surface area (Å²) in [6, 6.07) is 0.589. The van der Waals surface area contributed by atoms with Gasteiger partial charge in [-0.1, -0.05) is 13.3 Å². The van der Waals surface area contributed by atoms with Crippen molar-refractivity contribution in [3.63, 3.8) is 0 Å². The number of hydrogen-bond donors (Lipinski definition) is 1. The van der Waals surface area contributed by atoms with Crippen LogP contribution in [0.4, 0.5) is 5.95 Å². The molecule has 0 spiro atoms. The molecule has 1 fully saturated rings. The third-order valence-electron chi connectivity index (χ3n) is 3.58. The highest BCUT2D eigenvalue weighted by Gasteiger charge is 2.20. The SMILES string of the molecule is CCCCn1ccnc1N(C)C1CCCNC1. The Morgan fingerprint density at radius 3 is 3.18 bits per heavy atom. The van der Waals surface area contributed by atoms with Gasteiger partial charge in [0.25, 0.3) is 0 Å². The number of rotatable bonds is 5. The molecule has 17 heavy (non-hydrogen) atoms. The van der Waals surface area contributed by atoms with E-state index in [1.54, 1.807) is 0 Å². The lowest BCUT2D eigenvalue weighted by molar-refractivity contribution is 0.437. The summed E-state index contributed by atoms with van der Waals surface area (Å²) >= 11 is 0. The van der Waals surface area contributed by atoms with Crippen LogP contribution < -0.4 is 10.2 Å². The van der Waals surface area contributed by atoms with E-state index >= 15 is 0 Å². The van der Waals surface area contributed by atoms with Crippen LogP contribution in [0.1, 0.15) is 32.6 Å². The quantitative estimate of drug-likeness (QED) is 0.847. The summed E-state index contributed by atoms with van der Waals surface area (Å²) in [5.74, 6) is 1.12. The molecule has 0 bridgehead atoms. The van der Waals surface area contributed by atoms with Gasteiger partial charge in [0.1, 0.15) is 0 Å². The molecule has 4 nitrogen and oxygen atoms in total. The van der Waals surface area contributed by atoms with Crippen LogP contribution in [0.5, 0.6) is 0 Å². The Kier molecular flexibility index (Phi) is 4.42. The molecule has 1 aromatic heterocycles. The summed E-state index contributed by atoms with van der Waals surface area (Å²) in [6.07, 6.45) is 9.00. The second-order valence-electron chi connectivity index (χ2n) is 4.89. The molecule has 1 unspecified atom stereocenters. The molecule has 1 N–H and O–H groups in total. The van der Waals surface area contributed by atoms with Crippen LogP contribution >= 0.6 is 0 Å². The van der Waals surface area contributed by atoms with Crippen molar-refractivity contribution in [3.05, 3.63) is 12.4 Å². The molecule has 0 aliphatic carbocycles. The Hall–Kier alpha value is -1.03. The predicted octanol–water partition coefficient (Wildman–Crippen LogP) is 1.87. The molecule has 1 atom stereocenters. The molecule has 2 heterocycles. The molecule has 1 aliphatic rings. The summed E-state index contributed by atoms with van der Waals surface area (Å²) in [7, 11) is 2.17. The maximum atomic E-state index is 4.51. The molecule has 0 amide bonds. The lowest BCUT2D eigenvalue weighted by Crippen LogP contribution is -2.45. The molecule has 2 rings (SSSR count). The molecule has 96 valence electrons. The molecule has 1 aliphatic heterocycles. The first-order valence-corrected chi connectivity index (χ1v) is 6.77. The lowest BCUT2D eigenvalue weighted by Gasteiger charge is -2.32. The van der Waals surface area contributed by atoms with E-state index in [4.69, 9.17) is 0 Å². The van der Waals surface area contributed by atoms with Crippen molar-refractivity contribution in [2.45, 2.75) is 45.2 Å². The van der Waals surface area contributed by atoms with Gasteiger partial charge in [0.2, 0.25) is 5.95 Å². The van der Waals surface area contributed by atoms with Crippen molar-refractivity contribution < 1.29 is 0 Å². The second kappa shape index (κ2) is 6.05. The predicted molar refractivity (Wildman–Crippen MR) is 71.4 cm³/mol. The average Bonchev–Trinajstić information content (AvgIpc) is 2.84. The third-order valence-corrected chi connectivity index (χ3v) is 3.58. The number of piperidine rings is 1. The number of unbranched alkanes of at least 4 members (excludes halogenated alkanes) is 1. The Balaban J connectivity index is 2.01. The van der Waals surface area contributed by atoms with E-state index in [1.807, 2.05) is 6.20 Å². The Labute approximate surface area is 104 Å².